The van der Waals surface area contributed by atoms with E-state index < -0.39 is 0 Å². The van der Waals surface area contributed by atoms with Crippen molar-refractivity contribution < 1.29 is 9.53 Å². The molecule has 0 fully saturated rings. The number of carbonyl (C=O) groups excluding carboxylic acids is 1. The Hall–Kier alpha value is -1.62. The van der Waals surface area contributed by atoms with Gasteiger partial charge in [-0.3, -0.25) is 4.79 Å². The summed E-state index contributed by atoms with van der Waals surface area (Å²) < 4.78 is 5.02. The van der Waals surface area contributed by atoms with Gasteiger partial charge in [0.2, 0.25) is 5.88 Å². The summed E-state index contributed by atoms with van der Waals surface area (Å²) in [5.74, 6) is 0.156. The third-order valence-corrected chi connectivity index (χ3v) is 2.53. The van der Waals surface area contributed by atoms with Crippen molar-refractivity contribution in [2.45, 2.75) is 25.8 Å². The first kappa shape index (κ1) is 13.4. The third-order valence-electron chi connectivity index (χ3n) is 2.53. The highest BCUT2D eigenvalue weighted by Crippen LogP contribution is 2.12. The van der Waals surface area contributed by atoms with E-state index in [0.717, 1.165) is 12.8 Å². The molecule has 0 aliphatic heterocycles. The van der Waals surface area contributed by atoms with Crippen LogP contribution < -0.4 is 15.8 Å². The minimum Gasteiger partial charge on any atom is -0.480 e. The van der Waals surface area contributed by atoms with Gasteiger partial charge in [-0.2, -0.15) is 0 Å². The standard InChI is InChI=1S/C12H19N3O2/c1-3-9(13)6-8-14-11(16)10-5-4-7-15-12(10)17-2/h4-5,7,9H,3,6,8,13H2,1-2H3,(H,14,16). The van der Waals surface area contributed by atoms with Gasteiger partial charge in [-0.25, -0.2) is 4.98 Å². The minimum absolute atomic E-state index is 0.131. The van der Waals surface area contributed by atoms with E-state index in [9.17, 15) is 4.79 Å². The van der Waals surface area contributed by atoms with Crippen LogP contribution in [0.15, 0.2) is 18.3 Å². The number of amides is 1. The highest BCUT2D eigenvalue weighted by Gasteiger charge is 2.12. The van der Waals surface area contributed by atoms with Crippen LogP contribution in [0.2, 0.25) is 0 Å². The minimum atomic E-state index is -0.182. The molecule has 5 nitrogen and oxygen atoms in total. The van der Waals surface area contributed by atoms with Crippen LogP contribution in [0.5, 0.6) is 5.88 Å². The van der Waals surface area contributed by atoms with E-state index in [1.54, 1.807) is 18.3 Å². The van der Waals surface area contributed by atoms with Crippen molar-refractivity contribution in [3.63, 3.8) is 0 Å². The predicted molar refractivity (Wildman–Crippen MR) is 66.0 cm³/mol. The van der Waals surface area contributed by atoms with Gasteiger partial charge in [-0.05, 0) is 25.0 Å². The van der Waals surface area contributed by atoms with E-state index in [1.165, 1.54) is 7.11 Å². The Kier molecular flexibility index (Phi) is 5.42. The number of hydrogen-bond donors (Lipinski definition) is 2. The summed E-state index contributed by atoms with van der Waals surface area (Å²) in [6, 6.07) is 3.52. The third kappa shape index (κ3) is 4.03. The van der Waals surface area contributed by atoms with Crippen molar-refractivity contribution in [3.8, 4) is 5.88 Å². The lowest BCUT2D eigenvalue weighted by Gasteiger charge is -2.10. The van der Waals surface area contributed by atoms with Gasteiger partial charge >= 0.3 is 0 Å². The number of nitrogens with zero attached hydrogens (tertiary/aromatic N) is 1. The lowest BCUT2D eigenvalue weighted by Crippen LogP contribution is -2.30. The zero-order valence-electron chi connectivity index (χ0n) is 10.3. The fourth-order valence-corrected chi connectivity index (χ4v) is 1.40. The average molecular weight is 237 g/mol. The Morgan fingerprint density at radius 1 is 1.65 bits per heavy atom. The number of aromatic nitrogens is 1. The largest absolute Gasteiger partial charge is 0.480 e. The van der Waals surface area contributed by atoms with Gasteiger partial charge in [0.05, 0.1) is 7.11 Å². The van der Waals surface area contributed by atoms with Crippen molar-refractivity contribution in [1.82, 2.24) is 10.3 Å². The summed E-state index contributed by atoms with van der Waals surface area (Å²) in [4.78, 5) is 15.8. The first-order valence-electron chi connectivity index (χ1n) is 5.71. The number of nitrogens with one attached hydrogen (secondary N) is 1. The molecule has 1 atom stereocenters. The molecule has 0 saturated heterocycles. The molecule has 3 N–H and O–H groups in total. The number of rotatable bonds is 6. The lowest BCUT2D eigenvalue weighted by atomic mass is 10.1. The van der Waals surface area contributed by atoms with Crippen molar-refractivity contribution in [2.24, 2.45) is 5.73 Å². The van der Waals surface area contributed by atoms with Crippen LogP contribution in [0.25, 0.3) is 0 Å². The number of pyridine rings is 1. The summed E-state index contributed by atoms with van der Waals surface area (Å²) in [5, 5.41) is 2.80. The Balaban J connectivity index is 2.52. The van der Waals surface area contributed by atoms with Crippen molar-refractivity contribution >= 4 is 5.91 Å². The molecule has 5 heteroatoms. The molecule has 1 unspecified atom stereocenters. The number of ether oxygens (including phenoxy) is 1. The maximum absolute atomic E-state index is 11.8. The molecule has 1 amide bonds. The molecule has 17 heavy (non-hydrogen) atoms. The molecule has 1 heterocycles. The van der Waals surface area contributed by atoms with Gasteiger partial charge in [0.1, 0.15) is 5.56 Å². The fraction of sp³-hybridized carbons (Fsp3) is 0.500. The number of hydrogen-bond acceptors (Lipinski definition) is 4. The van der Waals surface area contributed by atoms with E-state index in [1.807, 2.05) is 6.92 Å². The molecule has 0 aliphatic rings. The van der Waals surface area contributed by atoms with Gasteiger partial charge in [-0.1, -0.05) is 6.92 Å². The Morgan fingerprint density at radius 2 is 2.41 bits per heavy atom. The van der Waals surface area contributed by atoms with Crippen LogP contribution >= 0.6 is 0 Å². The van der Waals surface area contributed by atoms with Crippen LogP contribution in [-0.2, 0) is 0 Å². The van der Waals surface area contributed by atoms with Crippen LogP contribution in [0, 0.1) is 0 Å². The SMILES string of the molecule is CCC(N)CCNC(=O)c1cccnc1OC. The molecule has 94 valence electrons. The van der Waals surface area contributed by atoms with Crippen molar-refractivity contribution in [1.29, 1.82) is 0 Å². The van der Waals surface area contributed by atoms with Gasteiger partial charge < -0.3 is 15.8 Å². The summed E-state index contributed by atoms with van der Waals surface area (Å²) in [6.07, 6.45) is 3.26. The summed E-state index contributed by atoms with van der Waals surface area (Å²) in [5.41, 5.74) is 6.21. The molecule has 0 aliphatic carbocycles. The van der Waals surface area contributed by atoms with Gasteiger partial charge in [0, 0.05) is 18.8 Å². The van der Waals surface area contributed by atoms with E-state index in [0.29, 0.717) is 18.0 Å². The molecule has 0 aromatic carbocycles. The summed E-state index contributed by atoms with van der Waals surface area (Å²) >= 11 is 0. The number of carbonyl (C=O) groups is 1. The maximum atomic E-state index is 11.8. The Bertz CT molecular complexity index is 369. The molecule has 0 saturated carbocycles. The maximum Gasteiger partial charge on any atom is 0.256 e. The van der Waals surface area contributed by atoms with E-state index in [4.69, 9.17) is 10.5 Å². The van der Waals surface area contributed by atoms with Crippen LogP contribution in [0.1, 0.15) is 30.1 Å². The molecule has 0 radical (unpaired) electrons. The van der Waals surface area contributed by atoms with Crippen molar-refractivity contribution in [2.75, 3.05) is 13.7 Å². The number of methoxy groups -OCH3 is 1. The topological polar surface area (TPSA) is 77.2 Å². The average Bonchev–Trinajstić information content (AvgIpc) is 2.38. The molecule has 0 spiro atoms. The summed E-state index contributed by atoms with van der Waals surface area (Å²) in [6.45, 7) is 2.59. The summed E-state index contributed by atoms with van der Waals surface area (Å²) in [7, 11) is 1.49. The van der Waals surface area contributed by atoms with Gasteiger partial charge in [0.25, 0.3) is 5.91 Å². The van der Waals surface area contributed by atoms with Gasteiger partial charge in [-0.15, -0.1) is 0 Å². The van der Waals surface area contributed by atoms with Crippen LogP contribution in [-0.4, -0.2) is 30.6 Å². The second-order valence-electron chi connectivity index (χ2n) is 3.77. The monoisotopic (exact) mass is 237 g/mol. The molecule has 1 aromatic heterocycles. The van der Waals surface area contributed by atoms with Crippen LogP contribution in [0.4, 0.5) is 0 Å². The van der Waals surface area contributed by atoms with Crippen LogP contribution in [0.3, 0.4) is 0 Å². The normalized spacial score (nSPS) is 11.9. The first-order chi connectivity index (χ1) is 8.19. The van der Waals surface area contributed by atoms with Crippen molar-refractivity contribution in [3.05, 3.63) is 23.9 Å². The van der Waals surface area contributed by atoms with Gasteiger partial charge in [0.15, 0.2) is 0 Å². The van der Waals surface area contributed by atoms with E-state index in [-0.39, 0.29) is 11.9 Å². The zero-order valence-corrected chi connectivity index (χ0v) is 10.3. The lowest BCUT2D eigenvalue weighted by molar-refractivity contribution is 0.0948. The first-order valence-corrected chi connectivity index (χ1v) is 5.71. The molecule has 0 bridgehead atoms. The Labute approximate surface area is 101 Å². The zero-order chi connectivity index (χ0) is 12.7. The Morgan fingerprint density at radius 3 is 3.06 bits per heavy atom. The highest BCUT2D eigenvalue weighted by atomic mass is 16.5. The molecule has 1 aromatic rings. The second kappa shape index (κ2) is 6.85. The number of nitrogens with two attached hydrogens (primary N) is 1. The second-order valence-corrected chi connectivity index (χ2v) is 3.77. The smallest absolute Gasteiger partial charge is 0.256 e. The molecule has 1 rings (SSSR count). The van der Waals surface area contributed by atoms with E-state index in [2.05, 4.69) is 10.3 Å². The van der Waals surface area contributed by atoms with E-state index >= 15 is 0 Å². The highest BCUT2D eigenvalue weighted by molar-refractivity contribution is 5.96. The fourth-order valence-electron chi connectivity index (χ4n) is 1.40. The molecular weight excluding hydrogens is 218 g/mol. The molecular formula is C12H19N3O2. The predicted octanol–water partition coefficient (Wildman–Crippen LogP) is 0.947. The quantitative estimate of drug-likeness (QED) is 0.772.